The Morgan fingerprint density at radius 2 is 2.00 bits per heavy atom. The first kappa shape index (κ1) is 14.0. The standard InChI is InChI=1S/C14H24N2O/c1-11(2)13(10-15)14(17)16-9-8-12-6-4-3-5-7-12/h11-13H,3-9H2,1-2H3,(H,16,17). The van der Waals surface area contributed by atoms with Crippen LogP contribution in [0, 0.1) is 29.1 Å². The summed E-state index contributed by atoms with van der Waals surface area (Å²) in [5.74, 6) is 0.276. The van der Waals surface area contributed by atoms with Crippen LogP contribution in [-0.2, 0) is 4.79 Å². The second-order valence-electron chi connectivity index (χ2n) is 5.43. The summed E-state index contributed by atoms with van der Waals surface area (Å²) < 4.78 is 0. The Morgan fingerprint density at radius 3 is 2.53 bits per heavy atom. The zero-order valence-corrected chi connectivity index (χ0v) is 11.0. The summed E-state index contributed by atoms with van der Waals surface area (Å²) in [7, 11) is 0. The quantitative estimate of drug-likeness (QED) is 0.798. The number of rotatable bonds is 5. The molecule has 0 aromatic heterocycles. The van der Waals surface area contributed by atoms with Crippen molar-refractivity contribution in [3.63, 3.8) is 0 Å². The van der Waals surface area contributed by atoms with E-state index >= 15 is 0 Å². The number of hydrogen-bond acceptors (Lipinski definition) is 2. The summed E-state index contributed by atoms with van der Waals surface area (Å²) in [5, 5.41) is 11.8. The highest BCUT2D eigenvalue weighted by molar-refractivity contribution is 5.81. The van der Waals surface area contributed by atoms with Crippen molar-refractivity contribution < 1.29 is 4.79 Å². The SMILES string of the molecule is CC(C)C(C#N)C(=O)NCCC1CCCCC1. The lowest BCUT2D eigenvalue weighted by atomic mass is 9.87. The Morgan fingerprint density at radius 1 is 1.35 bits per heavy atom. The fraction of sp³-hybridized carbons (Fsp3) is 0.857. The van der Waals surface area contributed by atoms with Crippen LogP contribution in [0.5, 0.6) is 0 Å². The van der Waals surface area contributed by atoms with Crippen molar-refractivity contribution in [1.82, 2.24) is 5.32 Å². The molecule has 0 bridgehead atoms. The van der Waals surface area contributed by atoms with Crippen LogP contribution in [0.15, 0.2) is 0 Å². The zero-order chi connectivity index (χ0) is 12.7. The molecule has 17 heavy (non-hydrogen) atoms. The van der Waals surface area contributed by atoms with Gasteiger partial charge < -0.3 is 5.32 Å². The van der Waals surface area contributed by atoms with Crippen molar-refractivity contribution >= 4 is 5.91 Å². The van der Waals surface area contributed by atoms with Gasteiger partial charge in [0.2, 0.25) is 5.91 Å². The van der Waals surface area contributed by atoms with Gasteiger partial charge in [-0.1, -0.05) is 46.0 Å². The Labute approximate surface area is 105 Å². The highest BCUT2D eigenvalue weighted by atomic mass is 16.1. The lowest BCUT2D eigenvalue weighted by Gasteiger charge is -2.22. The average Bonchev–Trinajstić information content (AvgIpc) is 2.30. The molecule has 96 valence electrons. The van der Waals surface area contributed by atoms with Gasteiger partial charge in [-0.05, 0) is 18.3 Å². The molecule has 0 radical (unpaired) electrons. The molecule has 0 aromatic rings. The molecule has 1 aliphatic carbocycles. The van der Waals surface area contributed by atoms with Gasteiger partial charge in [0.15, 0.2) is 0 Å². The maximum Gasteiger partial charge on any atom is 0.237 e. The van der Waals surface area contributed by atoms with Crippen LogP contribution in [0.3, 0.4) is 0 Å². The van der Waals surface area contributed by atoms with E-state index in [1.54, 1.807) is 0 Å². The molecule has 1 fully saturated rings. The van der Waals surface area contributed by atoms with E-state index in [2.05, 4.69) is 11.4 Å². The molecule has 0 spiro atoms. The largest absolute Gasteiger partial charge is 0.355 e. The first-order chi connectivity index (χ1) is 8.15. The normalized spacial score (nSPS) is 18.7. The number of carbonyl (C=O) groups excluding carboxylic acids is 1. The second kappa shape index (κ2) is 7.32. The van der Waals surface area contributed by atoms with Gasteiger partial charge in [0.1, 0.15) is 5.92 Å². The number of hydrogen-bond donors (Lipinski definition) is 1. The van der Waals surface area contributed by atoms with Crippen LogP contribution < -0.4 is 5.32 Å². The van der Waals surface area contributed by atoms with Gasteiger partial charge in [0.05, 0.1) is 6.07 Å². The molecule has 1 unspecified atom stereocenters. The minimum Gasteiger partial charge on any atom is -0.355 e. The zero-order valence-electron chi connectivity index (χ0n) is 11.0. The summed E-state index contributed by atoms with van der Waals surface area (Å²) >= 11 is 0. The number of nitriles is 1. The summed E-state index contributed by atoms with van der Waals surface area (Å²) in [4.78, 5) is 11.7. The third kappa shape index (κ3) is 4.77. The van der Waals surface area contributed by atoms with E-state index in [4.69, 9.17) is 5.26 Å². The minimum absolute atomic E-state index is 0.0923. The molecule has 0 heterocycles. The number of nitrogens with zero attached hydrogens (tertiary/aromatic N) is 1. The van der Waals surface area contributed by atoms with E-state index in [1.165, 1.54) is 32.1 Å². The molecule has 0 aliphatic heterocycles. The Balaban J connectivity index is 2.21. The van der Waals surface area contributed by atoms with E-state index in [0.29, 0.717) is 0 Å². The number of carbonyl (C=O) groups is 1. The predicted molar refractivity (Wildman–Crippen MR) is 68.1 cm³/mol. The molecule has 1 aliphatic rings. The molecular formula is C14H24N2O. The van der Waals surface area contributed by atoms with Crippen molar-refractivity contribution in [1.29, 1.82) is 5.26 Å². The molecule has 1 rings (SSSR count). The van der Waals surface area contributed by atoms with Crippen molar-refractivity contribution in [3.8, 4) is 6.07 Å². The van der Waals surface area contributed by atoms with E-state index in [1.807, 2.05) is 13.8 Å². The smallest absolute Gasteiger partial charge is 0.237 e. The third-order valence-corrected chi connectivity index (χ3v) is 3.66. The van der Waals surface area contributed by atoms with E-state index < -0.39 is 5.92 Å². The Bertz CT molecular complexity index is 274. The fourth-order valence-corrected chi connectivity index (χ4v) is 2.50. The maximum absolute atomic E-state index is 11.7. The molecule has 0 aromatic carbocycles. The fourth-order valence-electron chi connectivity index (χ4n) is 2.50. The van der Waals surface area contributed by atoms with Crippen molar-refractivity contribution in [3.05, 3.63) is 0 Å². The molecule has 1 amide bonds. The summed E-state index contributed by atoms with van der Waals surface area (Å²) in [6.45, 7) is 4.55. The van der Waals surface area contributed by atoms with Crippen LogP contribution in [0.2, 0.25) is 0 Å². The van der Waals surface area contributed by atoms with E-state index in [0.717, 1.165) is 18.9 Å². The van der Waals surface area contributed by atoms with Gasteiger partial charge in [-0.15, -0.1) is 0 Å². The second-order valence-corrected chi connectivity index (χ2v) is 5.43. The highest BCUT2D eigenvalue weighted by Gasteiger charge is 2.21. The first-order valence-electron chi connectivity index (χ1n) is 6.82. The lowest BCUT2D eigenvalue weighted by molar-refractivity contribution is -0.124. The van der Waals surface area contributed by atoms with Crippen LogP contribution >= 0.6 is 0 Å². The molecule has 1 atom stereocenters. The molecular weight excluding hydrogens is 212 g/mol. The van der Waals surface area contributed by atoms with E-state index in [-0.39, 0.29) is 11.8 Å². The maximum atomic E-state index is 11.7. The lowest BCUT2D eigenvalue weighted by Crippen LogP contribution is -2.34. The van der Waals surface area contributed by atoms with Crippen LogP contribution in [0.25, 0.3) is 0 Å². The van der Waals surface area contributed by atoms with Gasteiger partial charge in [-0.3, -0.25) is 4.79 Å². The van der Waals surface area contributed by atoms with Gasteiger partial charge in [-0.2, -0.15) is 5.26 Å². The van der Waals surface area contributed by atoms with Gasteiger partial charge in [0, 0.05) is 6.54 Å². The predicted octanol–water partition coefficient (Wildman–Crippen LogP) is 2.87. The van der Waals surface area contributed by atoms with Crippen LogP contribution in [0.1, 0.15) is 52.4 Å². The molecule has 1 N–H and O–H groups in total. The topological polar surface area (TPSA) is 52.9 Å². The van der Waals surface area contributed by atoms with Crippen LogP contribution in [-0.4, -0.2) is 12.5 Å². The first-order valence-corrected chi connectivity index (χ1v) is 6.82. The monoisotopic (exact) mass is 236 g/mol. The third-order valence-electron chi connectivity index (χ3n) is 3.66. The highest BCUT2D eigenvalue weighted by Crippen LogP contribution is 2.25. The Kier molecular flexibility index (Phi) is 6.04. The van der Waals surface area contributed by atoms with Crippen LogP contribution in [0.4, 0.5) is 0 Å². The summed E-state index contributed by atoms with van der Waals surface area (Å²) in [5.41, 5.74) is 0. The van der Waals surface area contributed by atoms with Gasteiger partial charge >= 0.3 is 0 Å². The van der Waals surface area contributed by atoms with E-state index in [9.17, 15) is 4.79 Å². The number of amides is 1. The van der Waals surface area contributed by atoms with Crippen molar-refractivity contribution in [2.24, 2.45) is 17.8 Å². The molecule has 3 heteroatoms. The molecule has 1 saturated carbocycles. The van der Waals surface area contributed by atoms with Crippen molar-refractivity contribution in [2.75, 3.05) is 6.54 Å². The number of nitrogens with one attached hydrogen (secondary N) is 1. The van der Waals surface area contributed by atoms with Gasteiger partial charge in [-0.25, -0.2) is 0 Å². The minimum atomic E-state index is -0.499. The molecule has 0 saturated heterocycles. The summed E-state index contributed by atoms with van der Waals surface area (Å²) in [6.07, 6.45) is 7.73. The molecule has 3 nitrogen and oxygen atoms in total. The average molecular weight is 236 g/mol. The Hall–Kier alpha value is -1.04. The van der Waals surface area contributed by atoms with Crippen molar-refractivity contribution in [2.45, 2.75) is 52.4 Å². The summed E-state index contributed by atoms with van der Waals surface area (Å²) in [6, 6.07) is 2.08. The van der Waals surface area contributed by atoms with Gasteiger partial charge in [0.25, 0.3) is 0 Å².